The molecule has 1 heterocycles. The number of halogens is 4. The molecule has 0 atom stereocenters. The minimum atomic E-state index is -4.85. The number of aromatic nitrogens is 1. The van der Waals surface area contributed by atoms with E-state index in [1.165, 1.54) is 0 Å². The number of carbonyl (C=O) groups is 2. The van der Waals surface area contributed by atoms with Gasteiger partial charge in [-0.05, 0) is 11.3 Å². The van der Waals surface area contributed by atoms with Crippen LogP contribution in [-0.4, -0.2) is 31.4 Å². The van der Waals surface area contributed by atoms with Crippen molar-refractivity contribution in [2.45, 2.75) is 25.8 Å². The van der Waals surface area contributed by atoms with Gasteiger partial charge in [-0.2, -0.15) is 13.2 Å². The fraction of sp³-hybridized carbons (Fsp3) is 0.417. The molecule has 1 aromatic rings. The highest BCUT2D eigenvalue weighted by Gasteiger charge is 2.39. The van der Waals surface area contributed by atoms with E-state index in [0.717, 1.165) is 6.07 Å². The quantitative estimate of drug-likeness (QED) is 0.635. The first kappa shape index (κ1) is 18.4. The predicted molar refractivity (Wildman–Crippen MR) is 78.8 cm³/mol. The summed E-state index contributed by atoms with van der Waals surface area (Å²) in [6, 6.07) is 1.10. The molecular formula is C12H15ClF3N3O2Si. The smallest absolute Gasteiger partial charge is 0.368 e. The van der Waals surface area contributed by atoms with Crippen LogP contribution in [0, 0.1) is 0 Å². The van der Waals surface area contributed by atoms with Gasteiger partial charge in [-0.15, -0.1) is 0 Å². The van der Waals surface area contributed by atoms with Crippen LogP contribution in [0.25, 0.3) is 0 Å². The van der Waals surface area contributed by atoms with Gasteiger partial charge in [0.05, 0.1) is 20.2 Å². The summed E-state index contributed by atoms with van der Waals surface area (Å²) in [6.07, 6.45) is -4.85. The SMILES string of the molecule is C[Si](C)(C)c1cc(C(=O)NCC(N)=O)c(C(F)(F)F)nc1Cl. The van der Waals surface area contributed by atoms with Crippen molar-refractivity contribution in [1.82, 2.24) is 10.3 Å². The maximum absolute atomic E-state index is 13.0. The summed E-state index contributed by atoms with van der Waals surface area (Å²) in [5, 5.41) is 2.18. The van der Waals surface area contributed by atoms with Crippen LogP contribution in [0.1, 0.15) is 16.1 Å². The Hall–Kier alpha value is -1.61. The van der Waals surface area contributed by atoms with Crippen molar-refractivity contribution in [2.24, 2.45) is 5.73 Å². The Labute approximate surface area is 131 Å². The lowest BCUT2D eigenvalue weighted by atomic mass is 10.1. The normalized spacial score (nSPS) is 12.1. The topological polar surface area (TPSA) is 85.1 Å². The third-order valence-electron chi connectivity index (χ3n) is 2.72. The van der Waals surface area contributed by atoms with Crippen LogP contribution in [0.5, 0.6) is 0 Å². The highest BCUT2D eigenvalue weighted by atomic mass is 35.5. The summed E-state index contributed by atoms with van der Waals surface area (Å²) in [4.78, 5) is 25.9. The number of amides is 2. The highest BCUT2D eigenvalue weighted by molar-refractivity contribution is 6.90. The number of rotatable bonds is 4. The molecule has 0 aromatic carbocycles. The van der Waals surface area contributed by atoms with Gasteiger partial charge >= 0.3 is 6.18 Å². The summed E-state index contributed by atoms with van der Waals surface area (Å²) >= 11 is 5.84. The first-order chi connectivity index (χ1) is 9.84. The Bertz CT molecular complexity index is 615. The molecule has 0 fully saturated rings. The Morgan fingerprint density at radius 2 is 1.91 bits per heavy atom. The fourth-order valence-corrected chi connectivity index (χ4v) is 3.91. The summed E-state index contributed by atoms with van der Waals surface area (Å²) in [7, 11) is -2.12. The molecule has 0 aliphatic heterocycles. The van der Waals surface area contributed by atoms with Crippen molar-refractivity contribution in [3.05, 3.63) is 22.5 Å². The van der Waals surface area contributed by atoms with Gasteiger partial charge in [0.2, 0.25) is 5.91 Å². The van der Waals surface area contributed by atoms with Crippen molar-refractivity contribution in [3.8, 4) is 0 Å². The molecule has 1 rings (SSSR count). The van der Waals surface area contributed by atoms with Crippen molar-refractivity contribution in [1.29, 1.82) is 0 Å². The van der Waals surface area contributed by atoms with Crippen LogP contribution in [0.4, 0.5) is 13.2 Å². The zero-order valence-corrected chi connectivity index (χ0v) is 13.9. The molecule has 0 saturated heterocycles. The van der Waals surface area contributed by atoms with Crippen LogP contribution in [0.3, 0.4) is 0 Å². The van der Waals surface area contributed by atoms with Gasteiger partial charge < -0.3 is 11.1 Å². The van der Waals surface area contributed by atoms with Gasteiger partial charge in [-0.1, -0.05) is 31.2 Å². The standard InChI is InChI=1S/C12H15ClF3N3O2Si/c1-22(2,3)7-4-6(11(21)18-5-8(17)20)9(12(14,15)16)19-10(7)13/h4H,5H2,1-3H3,(H2,17,20)(H,18,21). The number of carbonyl (C=O) groups excluding carboxylic acids is 2. The molecule has 10 heteroatoms. The lowest BCUT2D eigenvalue weighted by Crippen LogP contribution is -2.41. The van der Waals surface area contributed by atoms with E-state index >= 15 is 0 Å². The van der Waals surface area contributed by atoms with E-state index in [2.05, 4.69) is 4.98 Å². The van der Waals surface area contributed by atoms with E-state index in [1.807, 2.05) is 25.0 Å². The minimum absolute atomic E-state index is 0.266. The van der Waals surface area contributed by atoms with Crippen LogP contribution < -0.4 is 16.2 Å². The summed E-state index contributed by atoms with van der Waals surface area (Å²) < 4.78 is 39.1. The zero-order chi connectivity index (χ0) is 17.3. The number of hydrogen-bond acceptors (Lipinski definition) is 3. The lowest BCUT2D eigenvalue weighted by Gasteiger charge is -2.21. The molecule has 0 aliphatic rings. The second kappa shape index (κ2) is 6.25. The molecule has 0 aliphatic carbocycles. The maximum atomic E-state index is 13.0. The first-order valence-electron chi connectivity index (χ1n) is 6.18. The monoisotopic (exact) mass is 353 g/mol. The Morgan fingerprint density at radius 1 is 1.36 bits per heavy atom. The van der Waals surface area contributed by atoms with Crippen molar-refractivity contribution in [3.63, 3.8) is 0 Å². The molecule has 0 saturated carbocycles. The Morgan fingerprint density at radius 3 is 2.32 bits per heavy atom. The number of alkyl halides is 3. The number of primary amides is 1. The molecule has 5 nitrogen and oxygen atoms in total. The fourth-order valence-electron chi connectivity index (χ4n) is 1.67. The van der Waals surface area contributed by atoms with E-state index in [0.29, 0.717) is 5.19 Å². The minimum Gasteiger partial charge on any atom is -0.368 e. The highest BCUT2D eigenvalue weighted by Crippen LogP contribution is 2.31. The van der Waals surface area contributed by atoms with Crippen LogP contribution in [-0.2, 0) is 11.0 Å². The number of hydrogen-bond donors (Lipinski definition) is 2. The number of nitrogens with zero attached hydrogens (tertiary/aromatic N) is 1. The van der Waals surface area contributed by atoms with E-state index in [4.69, 9.17) is 17.3 Å². The molecule has 0 unspecified atom stereocenters. The Kier molecular flexibility index (Phi) is 5.24. The molecule has 0 bridgehead atoms. The van der Waals surface area contributed by atoms with Gasteiger partial charge in [-0.3, -0.25) is 9.59 Å². The van der Waals surface area contributed by atoms with Gasteiger partial charge in [-0.25, -0.2) is 4.98 Å². The van der Waals surface area contributed by atoms with Gasteiger partial charge in [0.25, 0.3) is 5.91 Å². The molecule has 1 aromatic heterocycles. The van der Waals surface area contributed by atoms with Crippen molar-refractivity contribution in [2.75, 3.05) is 6.54 Å². The molecule has 2 amide bonds. The van der Waals surface area contributed by atoms with Crippen LogP contribution >= 0.6 is 11.6 Å². The molecule has 0 radical (unpaired) electrons. The van der Waals surface area contributed by atoms with E-state index in [1.54, 1.807) is 0 Å². The third-order valence-corrected chi connectivity index (χ3v) is 5.16. The average molecular weight is 354 g/mol. The zero-order valence-electron chi connectivity index (χ0n) is 12.1. The van der Waals surface area contributed by atoms with Gasteiger partial charge in [0.1, 0.15) is 5.15 Å². The first-order valence-corrected chi connectivity index (χ1v) is 10.1. The van der Waals surface area contributed by atoms with Crippen LogP contribution in [0.15, 0.2) is 6.07 Å². The largest absolute Gasteiger partial charge is 0.434 e. The number of nitrogens with one attached hydrogen (secondary N) is 1. The van der Waals surface area contributed by atoms with E-state index < -0.39 is 43.9 Å². The van der Waals surface area contributed by atoms with Gasteiger partial charge in [0, 0.05) is 0 Å². The molecule has 0 spiro atoms. The third kappa shape index (κ3) is 4.44. The van der Waals surface area contributed by atoms with Crippen LogP contribution in [0.2, 0.25) is 24.8 Å². The lowest BCUT2D eigenvalue weighted by molar-refractivity contribution is -0.141. The summed E-state index contributed by atoms with van der Waals surface area (Å²) in [5.41, 5.74) is 2.80. The van der Waals surface area contributed by atoms with Crippen molar-refractivity contribution >= 4 is 36.7 Å². The van der Waals surface area contributed by atoms with E-state index in [9.17, 15) is 22.8 Å². The number of nitrogens with two attached hydrogens (primary N) is 1. The van der Waals surface area contributed by atoms with Crippen molar-refractivity contribution < 1.29 is 22.8 Å². The average Bonchev–Trinajstić information content (AvgIpc) is 2.32. The second-order valence-corrected chi connectivity index (χ2v) is 11.0. The molecule has 22 heavy (non-hydrogen) atoms. The Balaban J connectivity index is 3.44. The molecular weight excluding hydrogens is 339 g/mol. The summed E-state index contributed by atoms with van der Waals surface area (Å²) in [5.74, 6) is -1.94. The summed E-state index contributed by atoms with van der Waals surface area (Å²) in [6.45, 7) is 5.00. The molecule has 122 valence electrons. The van der Waals surface area contributed by atoms with Gasteiger partial charge in [0.15, 0.2) is 5.69 Å². The maximum Gasteiger partial charge on any atom is 0.434 e. The van der Waals surface area contributed by atoms with E-state index in [-0.39, 0.29) is 5.15 Å². The number of pyridine rings is 1. The molecule has 3 N–H and O–H groups in total. The predicted octanol–water partition coefficient (Wildman–Crippen LogP) is 1.51. The second-order valence-electron chi connectivity index (χ2n) is 5.62.